The standard InChI is InChI=1S/C21H23N3O7S/c1-15-7-6-10-18(24(27)28)19(15)21(26)31-16(2)20(25)22-11-13-23(14-12-22)32(29,30)17-8-4-3-5-9-17/h3-10,16H,11-14H2,1-2H3/t16-/m0/s1. The number of nitro benzene ring substituents is 1. The first-order valence-corrected chi connectivity index (χ1v) is 11.4. The molecule has 3 rings (SSSR count). The first kappa shape index (κ1) is 23.4. The molecule has 2 aromatic carbocycles. The van der Waals surface area contributed by atoms with Crippen molar-refractivity contribution in [3.05, 3.63) is 69.8 Å². The monoisotopic (exact) mass is 461 g/mol. The third kappa shape index (κ3) is 4.78. The van der Waals surface area contributed by atoms with Gasteiger partial charge in [-0.05, 0) is 31.5 Å². The second kappa shape index (κ2) is 9.45. The Balaban J connectivity index is 1.64. The van der Waals surface area contributed by atoms with Gasteiger partial charge < -0.3 is 9.64 Å². The van der Waals surface area contributed by atoms with E-state index >= 15 is 0 Å². The van der Waals surface area contributed by atoms with Crippen molar-refractivity contribution >= 4 is 27.6 Å². The molecule has 2 aromatic rings. The highest BCUT2D eigenvalue weighted by Gasteiger charge is 2.33. The maximum Gasteiger partial charge on any atom is 0.346 e. The molecule has 170 valence electrons. The van der Waals surface area contributed by atoms with E-state index in [4.69, 9.17) is 4.74 Å². The molecule has 10 nitrogen and oxygen atoms in total. The minimum atomic E-state index is -3.66. The lowest BCUT2D eigenvalue weighted by Crippen LogP contribution is -2.52. The Kier molecular flexibility index (Phi) is 6.90. The number of aryl methyl sites for hydroxylation is 1. The SMILES string of the molecule is Cc1cccc([N+](=O)[O-])c1C(=O)O[C@@H](C)C(=O)N1CCN(S(=O)(=O)c2ccccc2)CC1. The maximum atomic E-state index is 12.7. The summed E-state index contributed by atoms with van der Waals surface area (Å²) in [5.41, 5.74) is -0.228. The molecule has 0 spiro atoms. The van der Waals surface area contributed by atoms with E-state index in [1.165, 1.54) is 40.4 Å². The summed E-state index contributed by atoms with van der Waals surface area (Å²) in [6.45, 7) is 3.41. The highest BCUT2D eigenvalue weighted by Crippen LogP contribution is 2.24. The van der Waals surface area contributed by atoms with Crippen molar-refractivity contribution in [2.75, 3.05) is 26.2 Å². The van der Waals surface area contributed by atoms with Crippen molar-refractivity contribution in [3.8, 4) is 0 Å². The molecule has 0 bridgehead atoms. The fraction of sp³-hybridized carbons (Fsp3) is 0.333. The molecule has 1 aliphatic heterocycles. The fourth-order valence-corrected chi connectivity index (χ4v) is 4.93. The lowest BCUT2D eigenvalue weighted by atomic mass is 10.1. The van der Waals surface area contributed by atoms with E-state index in [1.807, 2.05) is 0 Å². The van der Waals surface area contributed by atoms with Gasteiger partial charge in [0.2, 0.25) is 10.0 Å². The van der Waals surface area contributed by atoms with Gasteiger partial charge in [0.1, 0.15) is 5.56 Å². The van der Waals surface area contributed by atoms with Gasteiger partial charge >= 0.3 is 5.97 Å². The Labute approximate surface area is 185 Å². The van der Waals surface area contributed by atoms with E-state index in [1.54, 1.807) is 31.2 Å². The molecule has 1 aliphatic rings. The summed E-state index contributed by atoms with van der Waals surface area (Å²) >= 11 is 0. The zero-order valence-corrected chi connectivity index (χ0v) is 18.4. The van der Waals surface area contributed by atoms with Gasteiger partial charge in [0, 0.05) is 32.2 Å². The lowest BCUT2D eigenvalue weighted by Gasteiger charge is -2.35. The van der Waals surface area contributed by atoms with Crippen molar-refractivity contribution in [2.45, 2.75) is 24.8 Å². The summed E-state index contributed by atoms with van der Waals surface area (Å²) in [6, 6.07) is 12.2. The topological polar surface area (TPSA) is 127 Å². The maximum absolute atomic E-state index is 12.7. The molecule has 32 heavy (non-hydrogen) atoms. The van der Waals surface area contributed by atoms with E-state index in [0.717, 1.165) is 0 Å². The number of piperazine rings is 1. The Morgan fingerprint density at radius 3 is 2.25 bits per heavy atom. The van der Waals surface area contributed by atoms with E-state index < -0.39 is 38.6 Å². The molecule has 1 saturated heterocycles. The zero-order valence-electron chi connectivity index (χ0n) is 17.6. The molecular formula is C21H23N3O7S. The third-order valence-corrected chi connectivity index (χ3v) is 7.13. The largest absolute Gasteiger partial charge is 0.449 e. The van der Waals surface area contributed by atoms with Crippen LogP contribution < -0.4 is 0 Å². The molecule has 0 saturated carbocycles. The predicted molar refractivity (Wildman–Crippen MR) is 114 cm³/mol. The number of nitro groups is 1. The molecule has 0 radical (unpaired) electrons. The highest BCUT2D eigenvalue weighted by atomic mass is 32.2. The van der Waals surface area contributed by atoms with Crippen LogP contribution >= 0.6 is 0 Å². The van der Waals surface area contributed by atoms with Crippen molar-refractivity contribution in [1.29, 1.82) is 0 Å². The second-order valence-corrected chi connectivity index (χ2v) is 9.25. The minimum Gasteiger partial charge on any atom is -0.449 e. The van der Waals surface area contributed by atoms with Crippen molar-refractivity contribution in [2.24, 2.45) is 0 Å². The number of hydrogen-bond donors (Lipinski definition) is 0. The van der Waals surface area contributed by atoms with Gasteiger partial charge in [-0.3, -0.25) is 14.9 Å². The van der Waals surface area contributed by atoms with Crippen LogP contribution in [0.5, 0.6) is 0 Å². The number of benzene rings is 2. The second-order valence-electron chi connectivity index (χ2n) is 7.32. The van der Waals surface area contributed by atoms with E-state index in [9.17, 15) is 28.1 Å². The fourth-order valence-electron chi connectivity index (χ4n) is 3.49. The molecule has 0 aliphatic carbocycles. The summed E-state index contributed by atoms with van der Waals surface area (Å²) in [5.74, 6) is -1.45. The van der Waals surface area contributed by atoms with Crippen molar-refractivity contribution < 1.29 is 27.7 Å². The van der Waals surface area contributed by atoms with Crippen molar-refractivity contribution in [1.82, 2.24) is 9.21 Å². The van der Waals surface area contributed by atoms with Crippen LogP contribution in [-0.4, -0.2) is 66.7 Å². The average Bonchev–Trinajstić information content (AvgIpc) is 2.78. The quantitative estimate of drug-likeness (QED) is 0.366. The number of nitrogens with zero attached hydrogens (tertiary/aromatic N) is 3. The Morgan fingerprint density at radius 1 is 1.03 bits per heavy atom. The van der Waals surface area contributed by atoms with Crippen LogP contribution in [0.15, 0.2) is 53.4 Å². The molecule has 0 aromatic heterocycles. The summed E-state index contributed by atoms with van der Waals surface area (Å²) in [6.07, 6.45) is -1.18. The predicted octanol–water partition coefficient (Wildman–Crippen LogP) is 1.98. The number of ether oxygens (including phenoxy) is 1. The highest BCUT2D eigenvalue weighted by molar-refractivity contribution is 7.89. The number of carbonyl (C=O) groups excluding carboxylic acids is 2. The molecule has 0 N–H and O–H groups in total. The van der Waals surface area contributed by atoms with E-state index in [2.05, 4.69) is 0 Å². The summed E-state index contributed by atoms with van der Waals surface area (Å²) in [5, 5.41) is 11.2. The van der Waals surface area contributed by atoms with Crippen LogP contribution in [0.3, 0.4) is 0 Å². The number of amides is 1. The van der Waals surface area contributed by atoms with Crippen LogP contribution in [0.4, 0.5) is 5.69 Å². The number of hydrogen-bond acceptors (Lipinski definition) is 7. The van der Waals surface area contributed by atoms with Gasteiger partial charge in [-0.2, -0.15) is 4.31 Å². The van der Waals surface area contributed by atoms with E-state index in [0.29, 0.717) is 5.56 Å². The van der Waals surface area contributed by atoms with Gasteiger partial charge in [0.25, 0.3) is 11.6 Å². The molecule has 1 fully saturated rings. The number of carbonyl (C=O) groups is 2. The Hall–Kier alpha value is -3.31. The van der Waals surface area contributed by atoms with Gasteiger partial charge in [-0.15, -0.1) is 0 Å². The lowest BCUT2D eigenvalue weighted by molar-refractivity contribution is -0.385. The van der Waals surface area contributed by atoms with Gasteiger partial charge in [-0.1, -0.05) is 30.3 Å². The minimum absolute atomic E-state index is 0.104. The number of rotatable bonds is 6. The molecule has 11 heteroatoms. The third-order valence-electron chi connectivity index (χ3n) is 5.21. The van der Waals surface area contributed by atoms with Gasteiger partial charge in [-0.25, -0.2) is 13.2 Å². The smallest absolute Gasteiger partial charge is 0.346 e. The number of sulfonamides is 1. The molecular weight excluding hydrogens is 438 g/mol. The number of esters is 1. The van der Waals surface area contributed by atoms with Crippen molar-refractivity contribution in [3.63, 3.8) is 0 Å². The van der Waals surface area contributed by atoms with E-state index in [-0.39, 0.29) is 36.6 Å². The molecule has 1 amide bonds. The Bertz CT molecular complexity index is 1130. The molecule has 1 atom stereocenters. The van der Waals surface area contributed by atoms with Crippen LogP contribution in [0.1, 0.15) is 22.8 Å². The van der Waals surface area contributed by atoms with Gasteiger partial charge in [0.05, 0.1) is 9.82 Å². The summed E-state index contributed by atoms with van der Waals surface area (Å²) in [7, 11) is -3.66. The first-order chi connectivity index (χ1) is 15.1. The molecule has 0 unspecified atom stereocenters. The van der Waals surface area contributed by atoms with Crippen LogP contribution in [-0.2, 0) is 19.6 Å². The molecule has 1 heterocycles. The normalized spacial score (nSPS) is 15.8. The van der Waals surface area contributed by atoms with Crippen LogP contribution in [0.2, 0.25) is 0 Å². The summed E-state index contributed by atoms with van der Waals surface area (Å²) < 4.78 is 32.0. The average molecular weight is 461 g/mol. The zero-order chi connectivity index (χ0) is 23.5. The van der Waals surface area contributed by atoms with Crippen LogP contribution in [0.25, 0.3) is 0 Å². The first-order valence-electron chi connectivity index (χ1n) is 9.92. The Morgan fingerprint density at radius 2 is 1.66 bits per heavy atom. The van der Waals surface area contributed by atoms with Gasteiger partial charge in [0.15, 0.2) is 6.10 Å². The summed E-state index contributed by atoms with van der Waals surface area (Å²) in [4.78, 5) is 37.4. The van der Waals surface area contributed by atoms with Crippen LogP contribution in [0, 0.1) is 17.0 Å².